The first-order valence-corrected chi connectivity index (χ1v) is 15.2. The van der Waals surface area contributed by atoms with Gasteiger partial charge < -0.3 is 10.4 Å². The van der Waals surface area contributed by atoms with E-state index in [1.165, 1.54) is 29.3 Å². The van der Waals surface area contributed by atoms with Crippen molar-refractivity contribution in [3.63, 3.8) is 0 Å². The second-order valence-electron chi connectivity index (χ2n) is 8.75. The summed E-state index contributed by atoms with van der Waals surface area (Å²) in [5, 5.41) is 15.6. The topological polar surface area (TPSA) is 130 Å². The standard InChI is InChI=1S/C18H21BrN4O4S.C7H8O.C3H6.C2H2/c19-13-5-4-8-16(9-13)28(26,27)22-17-10-15(12-24)23(21-17)11-18(25)20-14-6-2-1-3-7-14;8-6-7-4-2-1-3-5-7;1-3-2;1-2/h4-5,8-10,12,14H,1-3,6-7,11H2,(H,20,25)(H,21,22);1-5,8H,6H2;3H,1H2,2H3;1-2H. The third kappa shape index (κ3) is 13.0. The fraction of sp³-hybridized carbons (Fsp3) is 0.300. The van der Waals surface area contributed by atoms with E-state index < -0.39 is 10.0 Å². The number of sulfonamides is 1. The number of nitrogens with one attached hydrogen (secondary N) is 2. The molecule has 0 atom stereocenters. The lowest BCUT2D eigenvalue weighted by atomic mass is 9.95. The average molecular weight is 646 g/mol. The number of halogens is 1. The summed E-state index contributed by atoms with van der Waals surface area (Å²) in [6.07, 6.45) is 15.5. The van der Waals surface area contributed by atoms with Crippen LogP contribution in [0.15, 0.2) is 82.7 Å². The van der Waals surface area contributed by atoms with Gasteiger partial charge in [-0.05, 0) is 43.5 Å². The molecule has 0 spiro atoms. The predicted octanol–water partition coefficient (Wildman–Crippen LogP) is 5.33. The number of aliphatic hydroxyl groups excluding tert-OH is 1. The van der Waals surface area contributed by atoms with Crippen LogP contribution in [0.2, 0.25) is 0 Å². The van der Waals surface area contributed by atoms with Crippen LogP contribution in [0.5, 0.6) is 0 Å². The van der Waals surface area contributed by atoms with Gasteiger partial charge >= 0.3 is 0 Å². The number of allylic oxidation sites excluding steroid dienone is 1. The molecule has 4 rings (SSSR count). The number of terminal acetylenes is 1. The lowest BCUT2D eigenvalue weighted by molar-refractivity contribution is -0.122. The first-order valence-electron chi connectivity index (χ1n) is 12.9. The molecule has 3 aromatic rings. The van der Waals surface area contributed by atoms with Crippen LogP contribution >= 0.6 is 15.9 Å². The molecule has 1 aliphatic rings. The summed E-state index contributed by atoms with van der Waals surface area (Å²) in [6, 6.07) is 17.2. The molecule has 1 saturated carbocycles. The first kappa shape index (κ1) is 35.3. The second-order valence-corrected chi connectivity index (χ2v) is 11.3. The van der Waals surface area contributed by atoms with E-state index in [2.05, 4.69) is 50.5 Å². The van der Waals surface area contributed by atoms with Gasteiger partial charge in [0.15, 0.2) is 12.1 Å². The molecule has 9 nitrogen and oxygen atoms in total. The van der Waals surface area contributed by atoms with Crippen LogP contribution in [0, 0.1) is 12.8 Å². The third-order valence-corrected chi connectivity index (χ3v) is 7.41. The number of benzene rings is 2. The van der Waals surface area contributed by atoms with Crippen LogP contribution in [-0.4, -0.2) is 41.5 Å². The van der Waals surface area contributed by atoms with Crippen LogP contribution in [0.3, 0.4) is 0 Å². The van der Waals surface area contributed by atoms with Crippen molar-refractivity contribution in [1.82, 2.24) is 15.1 Å². The van der Waals surface area contributed by atoms with Gasteiger partial charge in [-0.2, -0.15) is 5.10 Å². The Hall–Kier alpha value is -3.72. The number of aldehydes is 1. The molecule has 1 aliphatic carbocycles. The number of anilines is 1. The summed E-state index contributed by atoms with van der Waals surface area (Å²) in [5.41, 5.74) is 1.08. The monoisotopic (exact) mass is 644 g/mol. The number of amides is 1. The first-order chi connectivity index (χ1) is 19.7. The smallest absolute Gasteiger partial charge is 0.263 e. The van der Waals surface area contributed by atoms with Crippen molar-refractivity contribution in [3.8, 4) is 12.8 Å². The van der Waals surface area contributed by atoms with E-state index in [-0.39, 0.29) is 41.5 Å². The Morgan fingerprint density at radius 3 is 2.29 bits per heavy atom. The highest BCUT2D eigenvalue weighted by atomic mass is 79.9. The van der Waals surface area contributed by atoms with E-state index in [0.717, 1.165) is 31.2 Å². The van der Waals surface area contributed by atoms with Crippen molar-refractivity contribution in [2.45, 2.75) is 63.1 Å². The number of rotatable bonds is 8. The molecule has 220 valence electrons. The number of aromatic nitrogens is 2. The van der Waals surface area contributed by atoms with Crippen molar-refractivity contribution >= 4 is 44.0 Å². The Labute approximate surface area is 251 Å². The van der Waals surface area contributed by atoms with Crippen molar-refractivity contribution in [2.75, 3.05) is 4.72 Å². The molecule has 3 N–H and O–H groups in total. The number of carbonyl (C=O) groups excluding carboxylic acids is 2. The molecule has 0 saturated heterocycles. The fourth-order valence-electron chi connectivity index (χ4n) is 3.77. The van der Waals surface area contributed by atoms with Crippen LogP contribution in [0.25, 0.3) is 0 Å². The van der Waals surface area contributed by atoms with Crippen molar-refractivity contribution in [3.05, 3.63) is 89.0 Å². The van der Waals surface area contributed by atoms with Crippen LogP contribution in [0.4, 0.5) is 5.82 Å². The summed E-state index contributed by atoms with van der Waals surface area (Å²) in [5.74, 6) is -0.271. The maximum atomic E-state index is 12.5. The van der Waals surface area contributed by atoms with E-state index in [1.54, 1.807) is 18.2 Å². The number of aliphatic hydroxyl groups is 1. The zero-order chi connectivity index (χ0) is 30.7. The quantitative estimate of drug-likeness (QED) is 0.173. The number of hydrogen-bond acceptors (Lipinski definition) is 6. The van der Waals surface area contributed by atoms with Gasteiger partial charge in [0.1, 0.15) is 12.2 Å². The minimum absolute atomic E-state index is 0.0208. The number of carbonyl (C=O) groups is 2. The lowest BCUT2D eigenvalue weighted by Crippen LogP contribution is -2.38. The molecular weight excluding hydrogens is 608 g/mol. The molecule has 0 radical (unpaired) electrons. The summed E-state index contributed by atoms with van der Waals surface area (Å²) in [6.45, 7) is 5.24. The largest absolute Gasteiger partial charge is 0.392 e. The fourth-order valence-corrected chi connectivity index (χ4v) is 5.36. The van der Waals surface area contributed by atoms with Gasteiger partial charge in [0, 0.05) is 16.6 Å². The molecule has 1 fully saturated rings. The minimum Gasteiger partial charge on any atom is -0.392 e. The molecule has 1 aromatic heterocycles. The van der Waals surface area contributed by atoms with Gasteiger partial charge in [0.25, 0.3) is 10.0 Å². The summed E-state index contributed by atoms with van der Waals surface area (Å²) < 4.78 is 29.2. The maximum absolute atomic E-state index is 12.5. The lowest BCUT2D eigenvalue weighted by Gasteiger charge is -2.22. The number of nitrogens with zero attached hydrogens (tertiary/aromatic N) is 2. The Balaban J connectivity index is 0.000000539. The van der Waals surface area contributed by atoms with Crippen LogP contribution in [-0.2, 0) is 28.0 Å². The molecule has 0 unspecified atom stereocenters. The number of hydrogen-bond donors (Lipinski definition) is 3. The highest BCUT2D eigenvalue weighted by Crippen LogP contribution is 2.20. The van der Waals surface area contributed by atoms with Gasteiger partial charge in [0.05, 0.1) is 11.5 Å². The van der Waals surface area contributed by atoms with E-state index in [9.17, 15) is 18.0 Å². The third-order valence-electron chi connectivity index (χ3n) is 5.57. The van der Waals surface area contributed by atoms with E-state index in [4.69, 9.17) is 5.11 Å². The molecule has 1 heterocycles. The van der Waals surface area contributed by atoms with E-state index >= 15 is 0 Å². The summed E-state index contributed by atoms with van der Waals surface area (Å²) >= 11 is 3.23. The van der Waals surface area contributed by atoms with E-state index in [1.807, 2.05) is 37.3 Å². The summed E-state index contributed by atoms with van der Waals surface area (Å²) in [7, 11) is -3.87. The van der Waals surface area contributed by atoms with Crippen molar-refractivity contribution < 1.29 is 23.1 Å². The molecule has 2 aromatic carbocycles. The van der Waals surface area contributed by atoms with Gasteiger partial charge in [-0.1, -0.05) is 77.7 Å². The Kier molecular flexibility index (Phi) is 16.7. The molecule has 11 heteroatoms. The van der Waals surface area contributed by atoms with Gasteiger partial charge in [0.2, 0.25) is 5.91 Å². The normalized spacial score (nSPS) is 12.5. The second kappa shape index (κ2) is 19.4. The molecular formula is C30H37BrN4O5S. The Morgan fingerprint density at radius 1 is 1.12 bits per heavy atom. The molecule has 0 aliphatic heterocycles. The Bertz CT molecular complexity index is 1350. The van der Waals surface area contributed by atoms with Crippen LogP contribution < -0.4 is 10.0 Å². The average Bonchev–Trinajstić information content (AvgIpc) is 3.35. The Morgan fingerprint density at radius 2 is 1.76 bits per heavy atom. The van der Waals surface area contributed by atoms with Crippen LogP contribution in [0.1, 0.15) is 55.1 Å². The zero-order valence-corrected chi connectivity index (χ0v) is 25.5. The highest BCUT2D eigenvalue weighted by Gasteiger charge is 2.20. The van der Waals surface area contributed by atoms with Gasteiger partial charge in [-0.25, -0.2) is 8.42 Å². The molecule has 41 heavy (non-hydrogen) atoms. The predicted molar refractivity (Wildman–Crippen MR) is 166 cm³/mol. The summed E-state index contributed by atoms with van der Waals surface area (Å²) in [4.78, 5) is 23.6. The minimum atomic E-state index is -3.87. The van der Waals surface area contributed by atoms with Gasteiger partial charge in [-0.15, -0.1) is 19.4 Å². The van der Waals surface area contributed by atoms with Gasteiger partial charge in [-0.3, -0.25) is 19.0 Å². The van der Waals surface area contributed by atoms with Crippen molar-refractivity contribution in [2.24, 2.45) is 0 Å². The molecule has 1 amide bonds. The van der Waals surface area contributed by atoms with E-state index in [0.29, 0.717) is 10.8 Å². The maximum Gasteiger partial charge on any atom is 0.263 e. The highest BCUT2D eigenvalue weighted by molar-refractivity contribution is 9.10. The van der Waals surface area contributed by atoms with Crippen molar-refractivity contribution in [1.29, 1.82) is 0 Å². The zero-order valence-electron chi connectivity index (χ0n) is 23.1. The SMILES string of the molecule is C#C.C=CC.O=Cc1cc(NS(=O)(=O)c2cccc(Br)c2)nn1CC(=O)NC1CCCCC1.OCc1ccccc1. The molecule has 0 bridgehead atoms.